The topological polar surface area (TPSA) is 181 Å². The first kappa shape index (κ1) is 39.1. The van der Waals surface area contributed by atoms with Gasteiger partial charge in [0.2, 0.25) is 11.7 Å². The molecule has 5 aromatic rings. The van der Waals surface area contributed by atoms with Gasteiger partial charge in [0.1, 0.15) is 6.54 Å². The fourth-order valence-electron chi connectivity index (χ4n) is 5.09. The van der Waals surface area contributed by atoms with Crippen molar-refractivity contribution in [2.75, 3.05) is 10.6 Å². The van der Waals surface area contributed by atoms with Gasteiger partial charge in [-0.1, -0.05) is 48.0 Å². The lowest BCUT2D eigenvalue weighted by Gasteiger charge is -2.21. The van der Waals surface area contributed by atoms with Crippen LogP contribution in [-0.2, 0) is 27.5 Å². The molecule has 3 aromatic carbocycles. The maximum Gasteiger partial charge on any atom is 0.416 e. The van der Waals surface area contributed by atoms with Crippen LogP contribution in [0.2, 0.25) is 5.15 Å². The van der Waals surface area contributed by atoms with Gasteiger partial charge in [-0.3, -0.25) is 29.3 Å². The normalized spacial score (nSPS) is 11.8. The summed E-state index contributed by atoms with van der Waals surface area (Å²) in [5.74, 6) is -2.57. The zero-order chi connectivity index (χ0) is 39.4. The van der Waals surface area contributed by atoms with E-state index in [0.717, 1.165) is 10.1 Å². The van der Waals surface area contributed by atoms with E-state index in [9.17, 15) is 40.8 Å². The van der Waals surface area contributed by atoms with Crippen molar-refractivity contribution in [1.29, 1.82) is 0 Å². The number of para-hydroxylation sites is 1. The predicted molar refractivity (Wildman–Crippen MR) is 195 cm³/mol. The van der Waals surface area contributed by atoms with Crippen LogP contribution in [0.5, 0.6) is 0 Å². The number of hydrogen-bond donors (Lipinski definition) is 4. The van der Waals surface area contributed by atoms with Gasteiger partial charge in [0.15, 0.2) is 5.15 Å². The summed E-state index contributed by atoms with van der Waals surface area (Å²) < 4.78 is 67.5. The summed E-state index contributed by atoms with van der Waals surface area (Å²) in [6.45, 7) is 4.42. The Morgan fingerprint density at radius 1 is 0.852 bits per heavy atom. The number of urea groups is 1. The Hall–Kier alpha value is -6.07. The van der Waals surface area contributed by atoms with Gasteiger partial charge < -0.3 is 10.6 Å². The summed E-state index contributed by atoms with van der Waals surface area (Å²) >= 11 is 6.66. The van der Waals surface area contributed by atoms with Crippen LogP contribution in [0.1, 0.15) is 36.7 Å². The Morgan fingerprint density at radius 2 is 1.52 bits per heavy atom. The van der Waals surface area contributed by atoms with Gasteiger partial charge in [-0.05, 0) is 74.9 Å². The molecule has 0 aliphatic carbocycles. The molecule has 0 aliphatic rings. The number of nitrogens with one attached hydrogen (secondary N) is 4. The number of hydrogen-bond acceptors (Lipinski definition) is 8. The number of carbonyl (C=O) groups is 3. The van der Waals surface area contributed by atoms with Gasteiger partial charge >= 0.3 is 12.2 Å². The maximum atomic E-state index is 13.9. The van der Waals surface area contributed by atoms with Crippen LogP contribution in [0, 0.1) is 0 Å². The smallest absolute Gasteiger partial charge is 0.333 e. The van der Waals surface area contributed by atoms with Gasteiger partial charge in [-0.2, -0.15) is 13.2 Å². The highest BCUT2D eigenvalue weighted by Crippen LogP contribution is 2.31. The molecule has 0 bridgehead atoms. The van der Waals surface area contributed by atoms with Crippen LogP contribution in [0.25, 0.3) is 22.4 Å². The molecule has 13 nitrogen and oxygen atoms in total. The fourth-order valence-corrected chi connectivity index (χ4v) is 6.35. The van der Waals surface area contributed by atoms with Crippen LogP contribution in [0.15, 0.2) is 107 Å². The second-order valence-corrected chi connectivity index (χ2v) is 14.7. The van der Waals surface area contributed by atoms with E-state index >= 15 is 0 Å². The van der Waals surface area contributed by atoms with Crippen LogP contribution < -0.4 is 26.2 Å². The minimum absolute atomic E-state index is 0.0120. The summed E-state index contributed by atoms with van der Waals surface area (Å²) in [7, 11) is -4.65. The largest absolute Gasteiger partial charge is 0.416 e. The third-order valence-electron chi connectivity index (χ3n) is 7.44. The predicted octanol–water partition coefficient (Wildman–Crippen LogP) is 6.32. The number of amides is 4. The van der Waals surface area contributed by atoms with E-state index < -0.39 is 68.0 Å². The molecule has 0 radical (unpaired) electrons. The molecule has 4 N–H and O–H groups in total. The lowest BCUT2D eigenvalue weighted by atomic mass is 10.0. The molecule has 0 aliphatic heterocycles. The van der Waals surface area contributed by atoms with Crippen LogP contribution in [0.4, 0.5) is 29.5 Å². The lowest BCUT2D eigenvalue weighted by Crippen LogP contribution is -2.44. The number of halogens is 4. The number of benzene rings is 3. The minimum atomic E-state index is -4.71. The number of rotatable bonds is 9. The third-order valence-corrected chi connectivity index (χ3v) is 9.05. The Kier molecular flexibility index (Phi) is 11.2. The summed E-state index contributed by atoms with van der Waals surface area (Å²) in [6.07, 6.45) is -1.48. The van der Waals surface area contributed by atoms with Crippen molar-refractivity contribution in [2.45, 2.75) is 43.9 Å². The molecule has 18 heteroatoms. The number of nitrogens with zero attached hydrogens (tertiary/aromatic N) is 3. The molecule has 0 saturated carbocycles. The number of aromatic nitrogens is 3. The van der Waals surface area contributed by atoms with Gasteiger partial charge in [0.25, 0.3) is 21.5 Å². The quantitative estimate of drug-likeness (QED) is 0.134. The monoisotopic (exact) mass is 781 g/mol. The summed E-state index contributed by atoms with van der Waals surface area (Å²) in [4.78, 5) is 61.1. The molecule has 0 atom stereocenters. The fraction of sp³-hybridized carbons (Fsp3) is 0.167. The lowest BCUT2D eigenvalue weighted by molar-refractivity contribution is -0.137. The SMILES string of the molecule is CC(C)(C)NC(=O)Nc1nc(Cl)c(-c2cccc(-c3cccnc3)c2)n(CC(=O)Nc2ccccc2C(=O)NS(=O)(=O)c2ccc(C(F)(F)F)cc2)c1=O. The number of pyridine rings is 1. The molecular formula is C36H31ClF3N7O6S. The summed E-state index contributed by atoms with van der Waals surface area (Å²) in [6, 6.07) is 17.4. The zero-order valence-corrected chi connectivity index (χ0v) is 30.2. The van der Waals surface area contributed by atoms with Gasteiger partial charge in [0, 0.05) is 29.1 Å². The number of alkyl halides is 3. The second-order valence-electron chi connectivity index (χ2n) is 12.7. The standard InChI is InChI=1S/C36H31ClF3N7O6S/c1-35(2,3)45-34(51)44-31-33(50)47(29(30(37)43-31)22-9-6-8-21(18-22)23-10-7-17-41-19-23)20-28(48)42-27-12-5-4-11-26(27)32(49)46-54(52,53)25-15-13-24(14-16-25)36(38,39)40/h4-19H,20H2,1-3H3,(H,42,48)(H,46,49)(H2,43,44,45,51). The Labute approximate surface area is 311 Å². The average Bonchev–Trinajstić information content (AvgIpc) is 3.09. The van der Waals surface area contributed by atoms with Crippen molar-refractivity contribution in [3.63, 3.8) is 0 Å². The number of anilines is 2. The molecule has 54 heavy (non-hydrogen) atoms. The van der Waals surface area contributed by atoms with Gasteiger partial charge in [-0.15, -0.1) is 0 Å². The van der Waals surface area contributed by atoms with E-state index in [1.54, 1.807) is 68.2 Å². The molecule has 5 rings (SSSR count). The highest BCUT2D eigenvalue weighted by Gasteiger charge is 2.31. The van der Waals surface area contributed by atoms with Crippen LogP contribution >= 0.6 is 11.6 Å². The highest BCUT2D eigenvalue weighted by atomic mass is 35.5. The molecule has 280 valence electrons. The van der Waals surface area contributed by atoms with Crippen molar-refractivity contribution in [3.8, 4) is 22.4 Å². The van der Waals surface area contributed by atoms with E-state index in [2.05, 4.69) is 25.9 Å². The van der Waals surface area contributed by atoms with Crippen LogP contribution in [-0.4, -0.2) is 46.3 Å². The Morgan fingerprint density at radius 3 is 2.17 bits per heavy atom. The van der Waals surface area contributed by atoms with E-state index in [1.807, 2.05) is 6.07 Å². The van der Waals surface area contributed by atoms with Crippen molar-refractivity contribution in [1.82, 2.24) is 24.6 Å². The third kappa shape index (κ3) is 9.47. The van der Waals surface area contributed by atoms with Crippen molar-refractivity contribution in [2.24, 2.45) is 0 Å². The van der Waals surface area contributed by atoms with E-state index in [1.165, 1.54) is 24.3 Å². The molecule has 2 aromatic heterocycles. The molecule has 0 unspecified atom stereocenters. The van der Waals surface area contributed by atoms with E-state index in [4.69, 9.17) is 11.6 Å². The highest BCUT2D eigenvalue weighted by molar-refractivity contribution is 7.90. The van der Waals surface area contributed by atoms with Crippen molar-refractivity contribution in [3.05, 3.63) is 124 Å². The molecule has 2 heterocycles. The maximum absolute atomic E-state index is 13.9. The first-order valence-corrected chi connectivity index (χ1v) is 17.7. The Bertz CT molecular complexity index is 2400. The minimum Gasteiger partial charge on any atom is -0.333 e. The van der Waals surface area contributed by atoms with Crippen molar-refractivity contribution >= 4 is 51.0 Å². The zero-order valence-electron chi connectivity index (χ0n) is 28.7. The molecule has 4 amide bonds. The summed E-state index contributed by atoms with van der Waals surface area (Å²) in [5, 5.41) is 7.26. The van der Waals surface area contributed by atoms with E-state index in [-0.39, 0.29) is 22.1 Å². The molecule has 0 fully saturated rings. The molecule has 0 spiro atoms. The number of sulfonamides is 1. The van der Waals surface area contributed by atoms with Gasteiger partial charge in [0.05, 0.1) is 27.4 Å². The van der Waals surface area contributed by atoms with Gasteiger partial charge in [-0.25, -0.2) is 22.9 Å². The van der Waals surface area contributed by atoms with Crippen molar-refractivity contribution < 1.29 is 36.0 Å². The first-order valence-electron chi connectivity index (χ1n) is 15.9. The Balaban J connectivity index is 1.47. The molecular weight excluding hydrogens is 751 g/mol. The molecule has 0 saturated heterocycles. The summed E-state index contributed by atoms with van der Waals surface area (Å²) in [5.41, 5.74) is -1.36. The number of carbonyl (C=O) groups excluding carboxylic acids is 3. The van der Waals surface area contributed by atoms with Crippen LogP contribution in [0.3, 0.4) is 0 Å². The van der Waals surface area contributed by atoms with E-state index in [0.29, 0.717) is 35.4 Å². The average molecular weight is 782 g/mol. The second kappa shape index (κ2) is 15.5. The first-order chi connectivity index (χ1) is 25.3.